The minimum atomic E-state index is -2.58. The van der Waals surface area contributed by atoms with Crippen molar-refractivity contribution >= 4 is 8.80 Å². The van der Waals surface area contributed by atoms with Gasteiger partial charge in [-0.3, -0.25) is 0 Å². The molecule has 3 rings (SSSR count). The van der Waals surface area contributed by atoms with Crippen LogP contribution in [0, 0.1) is 11.7 Å². The van der Waals surface area contributed by atoms with E-state index in [-0.39, 0.29) is 5.75 Å². The van der Waals surface area contributed by atoms with Crippen LogP contribution in [0.4, 0.5) is 13.2 Å². The quantitative estimate of drug-likeness (QED) is 0.452. The predicted octanol–water partition coefficient (Wildman–Crippen LogP) is 6.93. The molecule has 0 unspecified atom stereocenters. The van der Waals surface area contributed by atoms with Crippen molar-refractivity contribution < 1.29 is 17.9 Å². The summed E-state index contributed by atoms with van der Waals surface area (Å²) in [5.74, 6) is 0.821. The van der Waals surface area contributed by atoms with Crippen LogP contribution in [-0.4, -0.2) is 21.8 Å². The number of halogens is 3. The van der Waals surface area contributed by atoms with Crippen molar-refractivity contribution in [3.8, 4) is 5.75 Å². The maximum absolute atomic E-state index is 14.2. The van der Waals surface area contributed by atoms with Gasteiger partial charge in [0.25, 0.3) is 6.43 Å². The highest BCUT2D eigenvalue weighted by molar-refractivity contribution is 6.60. The fraction of sp³-hybridized carbons (Fsp3) is 0.727. The molecular weight excluding hydrogens is 365 g/mol. The zero-order chi connectivity index (χ0) is 19.2. The van der Waals surface area contributed by atoms with E-state index in [1.807, 2.05) is 6.07 Å². The molecule has 0 spiro atoms. The molecule has 5 heteroatoms. The molecule has 27 heavy (non-hydrogen) atoms. The molecule has 1 aliphatic carbocycles. The topological polar surface area (TPSA) is 9.23 Å². The van der Waals surface area contributed by atoms with E-state index in [0.717, 1.165) is 17.0 Å². The number of ether oxygens (including phenoxy) is 1. The minimum absolute atomic E-state index is 0.0639. The van der Waals surface area contributed by atoms with Crippen molar-refractivity contribution in [1.82, 2.24) is 0 Å². The summed E-state index contributed by atoms with van der Waals surface area (Å²) in [5.41, 5.74) is 2.04. The monoisotopic (exact) mass is 398 g/mol. The van der Waals surface area contributed by atoms with Crippen LogP contribution in [0.5, 0.6) is 5.75 Å². The van der Waals surface area contributed by atoms with E-state index in [1.165, 1.54) is 75.6 Å². The Balaban J connectivity index is 1.48. The molecule has 1 nitrogen and oxygen atoms in total. The van der Waals surface area contributed by atoms with Crippen molar-refractivity contribution in [2.45, 2.75) is 88.3 Å². The second kappa shape index (κ2) is 9.99. The number of benzene rings is 1. The highest BCUT2D eigenvalue weighted by Crippen LogP contribution is 2.44. The Morgan fingerprint density at radius 2 is 1.78 bits per heavy atom. The standard InChI is InChI=1S/C22H33F3OSi/c1-2-3-16-4-7-19(8-5-16)27-12-10-17(11-13-27)18-6-9-21(20(23)14-18)26-15-22(24)25/h6,9,14,16-17,19,22,27H,2-5,7-8,10-13,15H2,1H3/t16-,17?,19-,27?. The van der Waals surface area contributed by atoms with E-state index >= 15 is 0 Å². The van der Waals surface area contributed by atoms with Crippen LogP contribution < -0.4 is 4.74 Å². The molecule has 0 bridgehead atoms. The summed E-state index contributed by atoms with van der Waals surface area (Å²) in [6.07, 6.45) is 8.28. The number of alkyl halides is 2. The fourth-order valence-corrected chi connectivity index (χ4v) is 9.54. The molecule has 0 aromatic heterocycles. The summed E-state index contributed by atoms with van der Waals surface area (Å²) in [6, 6.07) is 7.64. The summed E-state index contributed by atoms with van der Waals surface area (Å²) in [7, 11) is -0.663. The lowest BCUT2D eigenvalue weighted by molar-refractivity contribution is 0.0799. The van der Waals surface area contributed by atoms with E-state index < -0.39 is 27.6 Å². The second-order valence-electron chi connectivity index (χ2n) is 8.57. The van der Waals surface area contributed by atoms with Crippen molar-refractivity contribution in [1.29, 1.82) is 0 Å². The van der Waals surface area contributed by atoms with Gasteiger partial charge in [-0.05, 0) is 47.9 Å². The lowest BCUT2D eigenvalue weighted by Crippen LogP contribution is -2.29. The summed E-state index contributed by atoms with van der Waals surface area (Å²) < 4.78 is 43.5. The first-order chi connectivity index (χ1) is 13.1. The van der Waals surface area contributed by atoms with Crippen LogP contribution in [0.25, 0.3) is 0 Å². The zero-order valence-electron chi connectivity index (χ0n) is 16.4. The molecule has 1 saturated heterocycles. The van der Waals surface area contributed by atoms with Crippen LogP contribution >= 0.6 is 0 Å². The van der Waals surface area contributed by atoms with Gasteiger partial charge in [-0.25, -0.2) is 13.2 Å². The van der Waals surface area contributed by atoms with Crippen molar-refractivity contribution in [2.24, 2.45) is 5.92 Å². The average molecular weight is 399 g/mol. The van der Waals surface area contributed by atoms with Gasteiger partial charge in [0.1, 0.15) is 6.61 Å². The predicted molar refractivity (Wildman–Crippen MR) is 107 cm³/mol. The van der Waals surface area contributed by atoms with Crippen LogP contribution in [0.2, 0.25) is 17.6 Å². The molecule has 152 valence electrons. The largest absolute Gasteiger partial charge is 0.485 e. The highest BCUT2D eigenvalue weighted by Gasteiger charge is 2.32. The van der Waals surface area contributed by atoms with E-state index in [0.29, 0.717) is 5.92 Å². The Kier molecular flexibility index (Phi) is 7.68. The maximum Gasteiger partial charge on any atom is 0.272 e. The van der Waals surface area contributed by atoms with E-state index in [2.05, 4.69) is 6.92 Å². The molecular formula is C22H33F3OSi. The molecule has 1 heterocycles. The highest BCUT2D eigenvalue weighted by atomic mass is 28.3. The molecule has 0 radical (unpaired) electrons. The van der Waals surface area contributed by atoms with E-state index in [9.17, 15) is 13.2 Å². The van der Waals surface area contributed by atoms with Gasteiger partial charge in [-0.1, -0.05) is 63.6 Å². The van der Waals surface area contributed by atoms with Crippen LogP contribution in [0.3, 0.4) is 0 Å². The summed E-state index contributed by atoms with van der Waals surface area (Å²) in [4.78, 5) is 0. The van der Waals surface area contributed by atoms with Gasteiger partial charge in [-0.2, -0.15) is 0 Å². The number of hydrogen-bond acceptors (Lipinski definition) is 1. The maximum atomic E-state index is 14.2. The Morgan fingerprint density at radius 1 is 1.07 bits per heavy atom. The van der Waals surface area contributed by atoms with Gasteiger partial charge in [0.2, 0.25) is 0 Å². The smallest absolute Gasteiger partial charge is 0.272 e. The summed E-state index contributed by atoms with van der Waals surface area (Å²) in [5, 5.41) is 0. The van der Waals surface area contributed by atoms with E-state index in [1.54, 1.807) is 0 Å². The molecule has 1 aromatic carbocycles. The third kappa shape index (κ3) is 5.75. The van der Waals surface area contributed by atoms with Crippen molar-refractivity contribution in [3.05, 3.63) is 29.6 Å². The zero-order valence-corrected chi connectivity index (χ0v) is 17.6. The molecule has 0 amide bonds. The van der Waals surface area contributed by atoms with Gasteiger partial charge in [0.05, 0.1) is 0 Å². The minimum Gasteiger partial charge on any atom is -0.485 e. The van der Waals surface area contributed by atoms with Crippen molar-refractivity contribution in [3.63, 3.8) is 0 Å². The average Bonchev–Trinajstić information content (AvgIpc) is 2.68. The molecule has 0 atom stereocenters. The second-order valence-corrected chi connectivity index (χ2v) is 12.2. The molecule has 1 saturated carbocycles. The third-order valence-electron chi connectivity index (χ3n) is 6.82. The van der Waals surface area contributed by atoms with Crippen LogP contribution in [-0.2, 0) is 0 Å². The Labute approximate surface area is 163 Å². The number of hydrogen-bond donors (Lipinski definition) is 0. The normalized spacial score (nSPS) is 29.1. The Morgan fingerprint density at radius 3 is 2.37 bits per heavy atom. The van der Waals surface area contributed by atoms with E-state index in [4.69, 9.17) is 4.74 Å². The molecule has 2 fully saturated rings. The molecule has 0 N–H and O–H groups in total. The third-order valence-corrected chi connectivity index (χ3v) is 11.0. The first kappa shape index (κ1) is 20.8. The summed E-state index contributed by atoms with van der Waals surface area (Å²) in [6.45, 7) is 1.54. The van der Waals surface area contributed by atoms with Gasteiger partial charge < -0.3 is 4.74 Å². The summed E-state index contributed by atoms with van der Waals surface area (Å²) >= 11 is 0. The van der Waals surface area contributed by atoms with Gasteiger partial charge >= 0.3 is 0 Å². The van der Waals surface area contributed by atoms with Gasteiger partial charge in [-0.15, -0.1) is 0 Å². The lowest BCUT2D eigenvalue weighted by atomic mass is 9.86. The molecule has 1 aromatic rings. The number of rotatable bonds is 7. The van der Waals surface area contributed by atoms with Crippen molar-refractivity contribution in [2.75, 3.05) is 6.61 Å². The molecule has 1 aliphatic heterocycles. The first-order valence-corrected chi connectivity index (χ1v) is 13.1. The van der Waals surface area contributed by atoms with Crippen LogP contribution in [0.1, 0.15) is 69.8 Å². The first-order valence-electron chi connectivity index (χ1n) is 10.8. The Bertz CT molecular complexity index is 579. The SMILES string of the molecule is CCC[C@H]1CC[C@H]([SiH]2CCC(c3ccc(OCC(F)F)c(F)c3)CC2)CC1. The van der Waals surface area contributed by atoms with Gasteiger partial charge in [0, 0.05) is 8.80 Å². The van der Waals surface area contributed by atoms with Gasteiger partial charge in [0.15, 0.2) is 11.6 Å². The van der Waals surface area contributed by atoms with Crippen LogP contribution in [0.15, 0.2) is 18.2 Å². The lowest BCUT2D eigenvalue weighted by Gasteiger charge is -2.37. The molecule has 2 aliphatic rings. The fourth-order valence-electron chi connectivity index (χ4n) is 5.32. The Hall–Kier alpha value is -0.973.